The Morgan fingerprint density at radius 3 is 2.44 bits per heavy atom. The molecular weight excluding hydrogens is 306 g/mol. The zero-order valence-corrected chi connectivity index (χ0v) is 13.3. The van der Waals surface area contributed by atoms with Gasteiger partial charge in [0, 0.05) is 15.0 Å². The molecule has 1 aromatic carbocycles. The highest BCUT2D eigenvalue weighted by Gasteiger charge is 2.13. The summed E-state index contributed by atoms with van der Waals surface area (Å²) in [5, 5.41) is 5.73. The van der Waals surface area contributed by atoms with Crippen LogP contribution >= 0.6 is 27.3 Å². The Kier molecular flexibility index (Phi) is 4.46. The molecule has 1 nitrogen and oxygen atoms in total. The lowest BCUT2D eigenvalue weighted by Gasteiger charge is -2.19. The second kappa shape index (κ2) is 5.89. The summed E-state index contributed by atoms with van der Waals surface area (Å²) < 4.78 is 1.19. The molecule has 0 bridgehead atoms. The molecule has 0 amide bonds. The van der Waals surface area contributed by atoms with Gasteiger partial charge >= 0.3 is 0 Å². The van der Waals surface area contributed by atoms with Crippen LogP contribution in [0.15, 0.2) is 40.2 Å². The molecule has 1 aromatic heterocycles. The van der Waals surface area contributed by atoms with Gasteiger partial charge in [-0.05, 0) is 51.8 Å². The zero-order valence-electron chi connectivity index (χ0n) is 10.9. The molecule has 18 heavy (non-hydrogen) atoms. The smallest absolute Gasteiger partial charge is 0.0589 e. The number of para-hydroxylation sites is 1. The Morgan fingerprint density at radius 1 is 1.11 bits per heavy atom. The van der Waals surface area contributed by atoms with Gasteiger partial charge in [0.25, 0.3) is 0 Å². The summed E-state index contributed by atoms with van der Waals surface area (Å²) >= 11 is 5.38. The lowest BCUT2D eigenvalue weighted by atomic mass is 10.0. The highest BCUT2D eigenvalue weighted by molar-refractivity contribution is 9.10. The Labute approximate surface area is 121 Å². The highest BCUT2D eigenvalue weighted by atomic mass is 79.9. The number of benzene rings is 1. The second-order valence-corrected chi connectivity index (χ2v) is 6.54. The highest BCUT2D eigenvalue weighted by Crippen LogP contribution is 2.33. The molecule has 0 aliphatic rings. The predicted molar refractivity (Wildman–Crippen MR) is 84.6 cm³/mol. The number of anilines is 1. The van der Waals surface area contributed by atoms with Crippen molar-refractivity contribution in [2.75, 3.05) is 5.32 Å². The van der Waals surface area contributed by atoms with Crippen molar-refractivity contribution in [1.29, 1.82) is 0 Å². The fraction of sp³-hybridized carbons (Fsp3) is 0.333. The van der Waals surface area contributed by atoms with Crippen LogP contribution < -0.4 is 5.32 Å². The van der Waals surface area contributed by atoms with E-state index in [1.807, 2.05) is 0 Å². The summed E-state index contributed by atoms with van der Waals surface area (Å²) in [6, 6.07) is 11.0. The molecule has 0 saturated heterocycles. The minimum absolute atomic E-state index is 0.319. The summed E-state index contributed by atoms with van der Waals surface area (Å²) in [4.78, 5) is 1.34. The van der Waals surface area contributed by atoms with E-state index in [0.717, 1.165) is 0 Å². The van der Waals surface area contributed by atoms with E-state index in [1.165, 1.54) is 20.6 Å². The van der Waals surface area contributed by atoms with Crippen LogP contribution in [0.4, 0.5) is 5.69 Å². The molecule has 1 atom stereocenters. The Hall–Kier alpha value is -0.800. The maximum Gasteiger partial charge on any atom is 0.0589 e. The van der Waals surface area contributed by atoms with Crippen molar-refractivity contribution in [2.45, 2.75) is 32.7 Å². The van der Waals surface area contributed by atoms with Crippen molar-refractivity contribution in [3.8, 4) is 0 Å². The van der Waals surface area contributed by atoms with Gasteiger partial charge in [0.15, 0.2) is 0 Å². The zero-order chi connectivity index (χ0) is 13.1. The summed E-state index contributed by atoms with van der Waals surface area (Å²) in [6.07, 6.45) is 0. The van der Waals surface area contributed by atoms with E-state index >= 15 is 0 Å². The van der Waals surface area contributed by atoms with Crippen LogP contribution in [0.3, 0.4) is 0 Å². The maximum atomic E-state index is 3.62. The van der Waals surface area contributed by atoms with E-state index in [1.54, 1.807) is 11.3 Å². The van der Waals surface area contributed by atoms with Crippen molar-refractivity contribution < 1.29 is 0 Å². The van der Waals surface area contributed by atoms with Crippen molar-refractivity contribution >= 4 is 33.0 Å². The number of hydrogen-bond acceptors (Lipinski definition) is 2. The van der Waals surface area contributed by atoms with E-state index < -0.39 is 0 Å². The van der Waals surface area contributed by atoms with Crippen molar-refractivity contribution in [3.63, 3.8) is 0 Å². The fourth-order valence-corrected chi connectivity index (χ4v) is 3.77. The quantitative estimate of drug-likeness (QED) is 0.748. The van der Waals surface area contributed by atoms with Gasteiger partial charge in [-0.3, -0.25) is 0 Å². The van der Waals surface area contributed by atoms with Crippen molar-refractivity contribution in [2.24, 2.45) is 0 Å². The van der Waals surface area contributed by atoms with Gasteiger partial charge in [0.05, 0.1) is 6.04 Å². The Bertz CT molecular complexity index is 519. The van der Waals surface area contributed by atoms with Crippen LogP contribution in [0.2, 0.25) is 0 Å². The Balaban J connectivity index is 2.22. The average Bonchev–Trinajstić information content (AvgIpc) is 2.76. The van der Waals surface area contributed by atoms with Gasteiger partial charge in [-0.25, -0.2) is 0 Å². The summed E-state index contributed by atoms with van der Waals surface area (Å²) in [5.74, 6) is 0.535. The fourth-order valence-electron chi connectivity index (χ4n) is 2.05. The average molecular weight is 324 g/mol. The third-order valence-corrected chi connectivity index (χ3v) is 5.05. The van der Waals surface area contributed by atoms with Gasteiger partial charge in [-0.1, -0.05) is 32.0 Å². The first-order valence-electron chi connectivity index (χ1n) is 6.18. The maximum absolute atomic E-state index is 3.62. The minimum Gasteiger partial charge on any atom is -0.377 e. The van der Waals surface area contributed by atoms with E-state index in [9.17, 15) is 0 Å². The molecule has 2 aromatic rings. The molecule has 96 valence electrons. The van der Waals surface area contributed by atoms with Crippen LogP contribution in [0.5, 0.6) is 0 Å². The van der Waals surface area contributed by atoms with Gasteiger partial charge in [0.1, 0.15) is 0 Å². The topological polar surface area (TPSA) is 12.0 Å². The summed E-state index contributed by atoms with van der Waals surface area (Å²) in [6.45, 7) is 6.66. The second-order valence-electron chi connectivity index (χ2n) is 4.74. The monoisotopic (exact) mass is 323 g/mol. The third-order valence-electron chi connectivity index (χ3n) is 2.99. The number of rotatable bonds is 4. The molecule has 0 radical (unpaired) electrons. The number of thiophene rings is 1. The van der Waals surface area contributed by atoms with Gasteiger partial charge in [-0.2, -0.15) is 0 Å². The first kappa shape index (κ1) is 13.6. The molecule has 3 heteroatoms. The number of hydrogen-bond donors (Lipinski definition) is 1. The minimum atomic E-state index is 0.319. The van der Waals surface area contributed by atoms with Crippen molar-refractivity contribution in [1.82, 2.24) is 0 Å². The van der Waals surface area contributed by atoms with Crippen LogP contribution in [0.25, 0.3) is 0 Å². The molecule has 1 unspecified atom stereocenters. The van der Waals surface area contributed by atoms with Crippen LogP contribution in [0, 0.1) is 0 Å². The number of halogens is 1. The molecule has 0 fully saturated rings. The Morgan fingerprint density at radius 2 is 1.83 bits per heavy atom. The van der Waals surface area contributed by atoms with E-state index in [2.05, 4.69) is 77.7 Å². The summed E-state index contributed by atoms with van der Waals surface area (Å²) in [5.41, 5.74) is 2.61. The van der Waals surface area contributed by atoms with Gasteiger partial charge in [-0.15, -0.1) is 11.3 Å². The molecule has 0 spiro atoms. The van der Waals surface area contributed by atoms with E-state index in [-0.39, 0.29) is 0 Å². The molecule has 2 rings (SSSR count). The van der Waals surface area contributed by atoms with Gasteiger partial charge in [0.2, 0.25) is 0 Å². The van der Waals surface area contributed by atoms with Crippen LogP contribution in [0.1, 0.15) is 43.2 Å². The standard InChI is InChI=1S/C15H18BrNS/c1-10(2)12-6-4-5-7-14(12)17-11(3)15-13(16)8-9-18-15/h4-11,17H,1-3H3. The first-order chi connectivity index (χ1) is 8.59. The number of nitrogens with one attached hydrogen (secondary N) is 1. The summed E-state index contributed by atoms with van der Waals surface area (Å²) in [7, 11) is 0. The molecule has 1 N–H and O–H groups in total. The molecule has 0 saturated carbocycles. The van der Waals surface area contributed by atoms with Crippen molar-refractivity contribution in [3.05, 3.63) is 50.6 Å². The van der Waals surface area contributed by atoms with Gasteiger partial charge < -0.3 is 5.32 Å². The lowest BCUT2D eigenvalue weighted by Crippen LogP contribution is -2.08. The molecule has 0 aliphatic heterocycles. The third kappa shape index (κ3) is 2.96. The van der Waals surface area contributed by atoms with Crippen LogP contribution in [-0.2, 0) is 0 Å². The van der Waals surface area contributed by atoms with E-state index in [4.69, 9.17) is 0 Å². The lowest BCUT2D eigenvalue weighted by molar-refractivity contribution is 0.847. The molecule has 0 aliphatic carbocycles. The largest absolute Gasteiger partial charge is 0.377 e. The normalized spacial score (nSPS) is 12.7. The molecule has 1 heterocycles. The molecular formula is C15H18BrNS. The van der Waals surface area contributed by atoms with Crippen LogP contribution in [-0.4, -0.2) is 0 Å². The first-order valence-corrected chi connectivity index (χ1v) is 7.85. The SMILES string of the molecule is CC(C)c1ccccc1NC(C)c1sccc1Br. The predicted octanol–water partition coefficient (Wildman–Crippen LogP) is 5.81. The van der Waals surface area contributed by atoms with E-state index in [0.29, 0.717) is 12.0 Å².